The van der Waals surface area contributed by atoms with Crippen molar-refractivity contribution in [3.63, 3.8) is 0 Å². The molecule has 2 atom stereocenters. The monoisotopic (exact) mass is 366 g/mol. The van der Waals surface area contributed by atoms with Gasteiger partial charge in [0.2, 0.25) is 0 Å². The molecule has 27 heavy (non-hydrogen) atoms. The molecule has 1 N–H and O–H groups in total. The fraction of sp³-hybridized carbons (Fsp3) is 0.409. The van der Waals surface area contributed by atoms with Gasteiger partial charge in [-0.3, -0.25) is 0 Å². The highest BCUT2D eigenvalue weighted by Crippen LogP contribution is 2.30. The first kappa shape index (κ1) is 17.9. The van der Waals surface area contributed by atoms with Gasteiger partial charge in [0.05, 0.1) is 19.3 Å². The summed E-state index contributed by atoms with van der Waals surface area (Å²) in [4.78, 5) is 14.9. The number of fused-ring (bicyclic) bond motifs is 1. The Kier molecular flexibility index (Phi) is 5.30. The second-order valence-corrected chi connectivity index (χ2v) is 7.16. The van der Waals surface area contributed by atoms with E-state index in [9.17, 15) is 4.79 Å². The third kappa shape index (κ3) is 3.78. The van der Waals surface area contributed by atoms with Gasteiger partial charge in [-0.2, -0.15) is 0 Å². The van der Waals surface area contributed by atoms with E-state index in [1.54, 1.807) is 7.11 Å². The molecule has 1 saturated heterocycles. The smallest absolute Gasteiger partial charge is 0.318 e. The molecule has 2 heterocycles. The molecule has 4 rings (SSSR count). The van der Waals surface area contributed by atoms with E-state index in [-0.39, 0.29) is 18.2 Å². The standard InChI is InChI=1S/C22H26N2O3/c1-26-19-10-5-9-17-15-24(13-12-18(17)19)22(25)23-21(20-11-6-14-27-20)16-7-3-2-4-8-16/h2-5,7-10,20-21H,6,11-15H2,1H3,(H,23,25). The van der Waals surface area contributed by atoms with Crippen LogP contribution in [0.15, 0.2) is 48.5 Å². The summed E-state index contributed by atoms with van der Waals surface area (Å²) in [5, 5.41) is 3.24. The lowest BCUT2D eigenvalue weighted by molar-refractivity contribution is 0.0775. The zero-order valence-electron chi connectivity index (χ0n) is 15.7. The number of amides is 2. The van der Waals surface area contributed by atoms with Crippen LogP contribution < -0.4 is 10.1 Å². The van der Waals surface area contributed by atoms with Crippen LogP contribution in [0.3, 0.4) is 0 Å². The summed E-state index contributed by atoms with van der Waals surface area (Å²) in [7, 11) is 1.70. The Hall–Kier alpha value is -2.53. The molecule has 2 aliphatic heterocycles. The topological polar surface area (TPSA) is 50.8 Å². The number of carbonyl (C=O) groups excluding carboxylic acids is 1. The van der Waals surface area contributed by atoms with Crippen molar-refractivity contribution in [3.8, 4) is 5.75 Å². The van der Waals surface area contributed by atoms with E-state index in [2.05, 4.69) is 23.5 Å². The first-order valence-electron chi connectivity index (χ1n) is 9.63. The molecule has 2 unspecified atom stereocenters. The molecule has 1 fully saturated rings. The zero-order valence-corrected chi connectivity index (χ0v) is 15.7. The van der Waals surface area contributed by atoms with E-state index >= 15 is 0 Å². The zero-order chi connectivity index (χ0) is 18.6. The molecule has 5 nitrogen and oxygen atoms in total. The van der Waals surface area contributed by atoms with Gasteiger partial charge in [-0.15, -0.1) is 0 Å². The largest absolute Gasteiger partial charge is 0.496 e. The summed E-state index contributed by atoms with van der Waals surface area (Å²) in [6.07, 6.45) is 2.86. The van der Waals surface area contributed by atoms with Gasteiger partial charge in [-0.25, -0.2) is 4.79 Å². The molecule has 0 spiro atoms. The normalized spacial score (nSPS) is 20.0. The minimum atomic E-state index is -0.118. The molecule has 142 valence electrons. The molecule has 0 saturated carbocycles. The predicted octanol–water partition coefficient (Wildman–Crippen LogP) is 3.68. The number of hydrogen-bond donors (Lipinski definition) is 1. The second-order valence-electron chi connectivity index (χ2n) is 7.16. The van der Waals surface area contributed by atoms with E-state index < -0.39 is 0 Å². The maximum atomic E-state index is 13.0. The summed E-state index contributed by atoms with van der Waals surface area (Å²) in [6, 6.07) is 16.0. The number of methoxy groups -OCH3 is 1. The number of carbonyl (C=O) groups is 1. The maximum Gasteiger partial charge on any atom is 0.318 e. The average molecular weight is 366 g/mol. The highest BCUT2D eigenvalue weighted by atomic mass is 16.5. The fourth-order valence-corrected chi connectivity index (χ4v) is 4.08. The van der Waals surface area contributed by atoms with Crippen LogP contribution in [0.4, 0.5) is 4.79 Å². The van der Waals surface area contributed by atoms with E-state index in [4.69, 9.17) is 9.47 Å². The molecular weight excluding hydrogens is 340 g/mol. The summed E-state index contributed by atoms with van der Waals surface area (Å²) < 4.78 is 11.4. The van der Waals surface area contributed by atoms with Crippen LogP contribution in [0.1, 0.15) is 35.6 Å². The molecule has 0 radical (unpaired) electrons. The number of benzene rings is 2. The average Bonchev–Trinajstić information content (AvgIpc) is 3.26. The van der Waals surface area contributed by atoms with Gasteiger partial charge in [-0.1, -0.05) is 42.5 Å². The molecule has 2 aromatic rings. The molecule has 2 aliphatic rings. The molecule has 0 aliphatic carbocycles. The Morgan fingerprint density at radius 2 is 2.07 bits per heavy atom. The molecule has 2 aromatic carbocycles. The third-order valence-corrected chi connectivity index (χ3v) is 5.50. The molecular formula is C22H26N2O3. The fourth-order valence-electron chi connectivity index (χ4n) is 4.08. The van der Waals surface area contributed by atoms with Crippen molar-refractivity contribution < 1.29 is 14.3 Å². The van der Waals surface area contributed by atoms with Gasteiger partial charge in [-0.05, 0) is 36.5 Å². The van der Waals surface area contributed by atoms with Crippen molar-refractivity contribution in [2.45, 2.75) is 38.0 Å². The Morgan fingerprint density at radius 1 is 1.22 bits per heavy atom. The van der Waals surface area contributed by atoms with Crippen molar-refractivity contribution in [1.29, 1.82) is 0 Å². The van der Waals surface area contributed by atoms with Gasteiger partial charge in [0.25, 0.3) is 0 Å². The lowest BCUT2D eigenvalue weighted by Gasteiger charge is -2.33. The highest BCUT2D eigenvalue weighted by Gasteiger charge is 2.31. The van der Waals surface area contributed by atoms with E-state index in [1.807, 2.05) is 35.2 Å². The van der Waals surface area contributed by atoms with Crippen molar-refractivity contribution in [2.75, 3.05) is 20.3 Å². The molecule has 2 amide bonds. The number of urea groups is 1. The maximum absolute atomic E-state index is 13.0. The Balaban J connectivity index is 1.50. The lowest BCUT2D eigenvalue weighted by atomic mass is 9.98. The van der Waals surface area contributed by atoms with Crippen molar-refractivity contribution in [1.82, 2.24) is 10.2 Å². The van der Waals surface area contributed by atoms with Crippen LogP contribution in [0.25, 0.3) is 0 Å². The van der Waals surface area contributed by atoms with E-state index in [0.29, 0.717) is 13.1 Å². The highest BCUT2D eigenvalue weighted by molar-refractivity contribution is 5.75. The molecule has 0 aromatic heterocycles. The third-order valence-electron chi connectivity index (χ3n) is 5.50. The van der Waals surface area contributed by atoms with Crippen LogP contribution in [-0.2, 0) is 17.7 Å². The number of nitrogens with one attached hydrogen (secondary N) is 1. The Labute approximate surface area is 160 Å². The summed E-state index contributed by atoms with van der Waals surface area (Å²) in [5.74, 6) is 0.911. The minimum absolute atomic E-state index is 0.0344. The second kappa shape index (κ2) is 8.01. The lowest BCUT2D eigenvalue weighted by Crippen LogP contribution is -2.46. The molecule has 0 bridgehead atoms. The first-order valence-corrected chi connectivity index (χ1v) is 9.63. The minimum Gasteiger partial charge on any atom is -0.496 e. The van der Waals surface area contributed by atoms with Crippen molar-refractivity contribution in [2.24, 2.45) is 0 Å². The van der Waals surface area contributed by atoms with E-state index in [1.165, 1.54) is 5.56 Å². The van der Waals surface area contributed by atoms with Crippen LogP contribution in [0, 0.1) is 0 Å². The molecule has 5 heteroatoms. The van der Waals surface area contributed by atoms with Gasteiger partial charge in [0.15, 0.2) is 0 Å². The summed E-state index contributed by atoms with van der Waals surface area (Å²) in [5.41, 5.74) is 3.46. The van der Waals surface area contributed by atoms with Crippen LogP contribution >= 0.6 is 0 Å². The first-order chi connectivity index (χ1) is 13.3. The van der Waals surface area contributed by atoms with Crippen LogP contribution in [0.5, 0.6) is 5.75 Å². The van der Waals surface area contributed by atoms with Gasteiger partial charge < -0.3 is 19.7 Å². The predicted molar refractivity (Wildman–Crippen MR) is 104 cm³/mol. The number of rotatable bonds is 4. The van der Waals surface area contributed by atoms with Gasteiger partial charge in [0, 0.05) is 25.3 Å². The number of hydrogen-bond acceptors (Lipinski definition) is 3. The quantitative estimate of drug-likeness (QED) is 0.898. The van der Waals surface area contributed by atoms with Crippen molar-refractivity contribution >= 4 is 6.03 Å². The van der Waals surface area contributed by atoms with Crippen molar-refractivity contribution in [3.05, 3.63) is 65.2 Å². The summed E-state index contributed by atoms with van der Waals surface area (Å²) in [6.45, 7) is 2.05. The van der Waals surface area contributed by atoms with Crippen LogP contribution in [0.2, 0.25) is 0 Å². The van der Waals surface area contributed by atoms with Gasteiger partial charge in [0.1, 0.15) is 5.75 Å². The SMILES string of the molecule is COc1cccc2c1CCN(C(=O)NC(c1ccccc1)C1CCCO1)C2. The van der Waals surface area contributed by atoms with E-state index in [0.717, 1.165) is 42.7 Å². The number of ether oxygens (including phenoxy) is 2. The van der Waals surface area contributed by atoms with Gasteiger partial charge >= 0.3 is 6.03 Å². The number of nitrogens with zero attached hydrogens (tertiary/aromatic N) is 1. The summed E-state index contributed by atoms with van der Waals surface area (Å²) >= 11 is 0. The Bertz CT molecular complexity index is 787. The van der Waals surface area contributed by atoms with Crippen LogP contribution in [-0.4, -0.2) is 37.3 Å². The Morgan fingerprint density at radius 3 is 2.81 bits per heavy atom.